The lowest BCUT2D eigenvalue weighted by Crippen LogP contribution is -2.17. The Hall–Kier alpha value is -1.21. The summed E-state index contributed by atoms with van der Waals surface area (Å²) < 4.78 is -0.302. The molecule has 0 heterocycles. The Balaban J connectivity index is 0.000000921. The predicted molar refractivity (Wildman–Crippen MR) is 101 cm³/mol. The molecule has 0 spiro atoms. The van der Waals surface area contributed by atoms with E-state index in [1.807, 2.05) is 27.7 Å². The molecule has 0 saturated heterocycles. The summed E-state index contributed by atoms with van der Waals surface area (Å²) in [5.74, 6) is 0. The molecule has 0 N–H and O–H groups in total. The number of fused-ring (bicyclic) bond motifs is 1. The lowest BCUT2D eigenvalue weighted by atomic mass is 9.88. The zero-order chi connectivity index (χ0) is 16.5. The van der Waals surface area contributed by atoms with Crippen LogP contribution in [0.3, 0.4) is 0 Å². The Morgan fingerprint density at radius 2 is 1.67 bits per heavy atom. The van der Waals surface area contributed by atoms with E-state index in [2.05, 4.69) is 62.9 Å². The molecule has 0 aromatic heterocycles. The third-order valence-electron chi connectivity index (χ3n) is 3.29. The average molecular weight is 303 g/mol. The summed E-state index contributed by atoms with van der Waals surface area (Å²) >= 11 is 4.83. The molecule has 0 aliphatic heterocycles. The van der Waals surface area contributed by atoms with Crippen molar-refractivity contribution in [1.29, 1.82) is 0 Å². The number of hydrogen-bond donors (Lipinski definition) is 1. The van der Waals surface area contributed by atoms with Gasteiger partial charge in [0.1, 0.15) is 0 Å². The maximum Gasteiger partial charge on any atom is 0.0595 e. The molecular weight excluding hydrogens is 272 g/mol. The highest BCUT2D eigenvalue weighted by Gasteiger charge is 2.26. The van der Waals surface area contributed by atoms with Crippen molar-refractivity contribution in [1.82, 2.24) is 0 Å². The highest BCUT2D eigenvalue weighted by atomic mass is 32.1. The Morgan fingerprint density at radius 3 is 2.29 bits per heavy atom. The Kier molecular flexibility index (Phi) is 9.12. The van der Waals surface area contributed by atoms with E-state index in [-0.39, 0.29) is 4.75 Å². The molecule has 0 bridgehead atoms. The first kappa shape index (κ1) is 19.8. The fourth-order valence-corrected chi connectivity index (χ4v) is 2.46. The normalized spacial score (nSPS) is 24.3. The van der Waals surface area contributed by atoms with Crippen LogP contribution in [0.5, 0.6) is 0 Å². The Bertz CT molecular complexity index is 504. The molecule has 0 amide bonds. The summed E-state index contributed by atoms with van der Waals surface area (Å²) in [6.07, 6.45) is 7.42. The maximum atomic E-state index is 4.83. The summed E-state index contributed by atoms with van der Waals surface area (Å²) in [6, 6.07) is 8.47. The molecule has 1 aromatic rings. The molecule has 1 aliphatic carbocycles. The van der Waals surface area contributed by atoms with Gasteiger partial charge < -0.3 is 0 Å². The quantitative estimate of drug-likeness (QED) is 0.520. The molecule has 1 aromatic carbocycles. The van der Waals surface area contributed by atoms with Gasteiger partial charge in [0.25, 0.3) is 0 Å². The summed E-state index contributed by atoms with van der Waals surface area (Å²) in [5.41, 5.74) is 4.84. The third-order valence-corrected chi connectivity index (χ3v) is 3.82. The van der Waals surface area contributed by atoms with Gasteiger partial charge in [-0.3, -0.25) is 0 Å². The fourth-order valence-electron chi connectivity index (χ4n) is 2.18. The lowest BCUT2D eigenvalue weighted by molar-refractivity contribution is 0.835. The van der Waals surface area contributed by atoms with Crippen molar-refractivity contribution in [3.05, 3.63) is 71.3 Å². The Morgan fingerprint density at radius 1 is 1.10 bits per heavy atom. The minimum absolute atomic E-state index is 0.302. The van der Waals surface area contributed by atoms with E-state index >= 15 is 0 Å². The molecule has 21 heavy (non-hydrogen) atoms. The minimum Gasteiger partial charge on any atom is -0.163 e. The monoisotopic (exact) mass is 302 g/mol. The van der Waals surface area contributed by atoms with Crippen LogP contribution in [0.4, 0.5) is 0 Å². The number of allylic oxidation sites excluding steroid dienone is 4. The van der Waals surface area contributed by atoms with E-state index in [0.29, 0.717) is 0 Å². The van der Waals surface area contributed by atoms with Gasteiger partial charge in [0.2, 0.25) is 0 Å². The summed E-state index contributed by atoms with van der Waals surface area (Å²) in [7, 11) is 0. The average Bonchev–Trinajstić information content (AvgIpc) is 2.54. The topological polar surface area (TPSA) is 0 Å². The smallest absolute Gasteiger partial charge is 0.0595 e. The summed E-state index contributed by atoms with van der Waals surface area (Å²) in [4.78, 5) is 0. The summed E-state index contributed by atoms with van der Waals surface area (Å²) in [6.45, 7) is 16.4. The number of rotatable bonds is 0. The van der Waals surface area contributed by atoms with E-state index in [9.17, 15) is 0 Å². The highest BCUT2D eigenvalue weighted by Crippen LogP contribution is 2.38. The molecule has 0 radical (unpaired) electrons. The van der Waals surface area contributed by atoms with Gasteiger partial charge in [-0.2, -0.15) is 12.6 Å². The zero-order valence-corrected chi connectivity index (χ0v) is 15.3. The molecular formula is C20H30S. The highest BCUT2D eigenvalue weighted by molar-refractivity contribution is 7.81. The van der Waals surface area contributed by atoms with Crippen molar-refractivity contribution in [3.8, 4) is 0 Å². The Labute approximate surface area is 137 Å². The van der Waals surface area contributed by atoms with Crippen molar-refractivity contribution in [2.75, 3.05) is 0 Å². The third kappa shape index (κ3) is 5.24. The second-order valence-corrected chi connectivity index (χ2v) is 5.64. The van der Waals surface area contributed by atoms with E-state index in [1.165, 1.54) is 16.7 Å². The van der Waals surface area contributed by atoms with Gasteiger partial charge in [-0.25, -0.2) is 0 Å². The first-order valence-corrected chi connectivity index (χ1v) is 8.31. The van der Waals surface area contributed by atoms with Crippen LogP contribution in [-0.4, -0.2) is 0 Å². The minimum atomic E-state index is -0.302. The van der Waals surface area contributed by atoms with Gasteiger partial charge in [-0.1, -0.05) is 82.3 Å². The number of hydrogen-bond acceptors (Lipinski definition) is 1. The largest absolute Gasteiger partial charge is 0.163 e. The van der Waals surface area contributed by atoms with Crippen LogP contribution < -0.4 is 0 Å². The number of benzene rings is 1. The van der Waals surface area contributed by atoms with Crippen LogP contribution >= 0.6 is 12.6 Å². The van der Waals surface area contributed by atoms with Gasteiger partial charge >= 0.3 is 0 Å². The van der Waals surface area contributed by atoms with Crippen LogP contribution in [0.25, 0.3) is 0 Å². The maximum absolute atomic E-state index is 4.83. The van der Waals surface area contributed by atoms with Crippen molar-refractivity contribution in [3.63, 3.8) is 0 Å². The standard InChI is InChI=1S/C16H18S.2C2H6/c1-12-7-6-9-14-8-4-5-10-15(14)16(3,17)13(2)11-12;2*1-2/h4-8,10-11,17H,2,9H2,1,3H3;2*1-2H3/b7-6-,12-11-;;. The molecule has 0 fully saturated rings. The van der Waals surface area contributed by atoms with Crippen molar-refractivity contribution < 1.29 is 0 Å². The van der Waals surface area contributed by atoms with E-state index in [1.54, 1.807) is 0 Å². The predicted octanol–water partition coefficient (Wildman–Crippen LogP) is 6.50. The van der Waals surface area contributed by atoms with Gasteiger partial charge in [0, 0.05) is 0 Å². The zero-order valence-electron chi connectivity index (χ0n) is 14.4. The van der Waals surface area contributed by atoms with E-state index in [4.69, 9.17) is 12.6 Å². The first-order valence-electron chi connectivity index (χ1n) is 7.87. The SMILES string of the molecule is C=C1/C=C(C)\C=C/Cc2ccccc2C1(C)S.CC.CC. The van der Waals surface area contributed by atoms with Gasteiger partial charge in [-0.05, 0) is 37.0 Å². The molecule has 116 valence electrons. The van der Waals surface area contributed by atoms with Crippen molar-refractivity contribution in [2.45, 2.75) is 52.7 Å². The van der Waals surface area contributed by atoms with Crippen molar-refractivity contribution in [2.24, 2.45) is 0 Å². The molecule has 1 aliphatic rings. The van der Waals surface area contributed by atoms with Gasteiger partial charge in [0.05, 0.1) is 4.75 Å². The van der Waals surface area contributed by atoms with Crippen LogP contribution in [-0.2, 0) is 11.2 Å². The molecule has 1 heteroatoms. The summed E-state index contributed by atoms with van der Waals surface area (Å²) in [5, 5.41) is 0. The molecule has 0 saturated carbocycles. The first-order chi connectivity index (χ1) is 10.0. The van der Waals surface area contributed by atoms with Gasteiger partial charge in [0.15, 0.2) is 0 Å². The molecule has 1 atom stereocenters. The van der Waals surface area contributed by atoms with Crippen LogP contribution in [0.15, 0.2) is 60.2 Å². The number of thiol groups is 1. The second-order valence-electron chi connectivity index (χ2n) is 4.75. The molecule has 1 unspecified atom stereocenters. The molecule has 0 nitrogen and oxygen atoms in total. The van der Waals surface area contributed by atoms with E-state index < -0.39 is 0 Å². The van der Waals surface area contributed by atoms with Crippen LogP contribution in [0.1, 0.15) is 52.7 Å². The fraction of sp³-hybridized carbons (Fsp3) is 0.400. The van der Waals surface area contributed by atoms with Crippen LogP contribution in [0, 0.1) is 0 Å². The molecule has 2 rings (SSSR count). The van der Waals surface area contributed by atoms with E-state index in [0.717, 1.165) is 12.0 Å². The van der Waals surface area contributed by atoms with Crippen molar-refractivity contribution >= 4 is 12.6 Å². The lowest BCUT2D eigenvalue weighted by Gasteiger charge is -2.27. The van der Waals surface area contributed by atoms with Crippen LogP contribution in [0.2, 0.25) is 0 Å². The van der Waals surface area contributed by atoms with Gasteiger partial charge in [-0.15, -0.1) is 0 Å². The second kappa shape index (κ2) is 9.68.